The van der Waals surface area contributed by atoms with E-state index < -0.39 is 0 Å². The lowest BCUT2D eigenvalue weighted by Crippen LogP contribution is -2.27. The van der Waals surface area contributed by atoms with Crippen molar-refractivity contribution >= 4 is 18.4 Å². The lowest BCUT2D eigenvalue weighted by Gasteiger charge is -2.14. The SMILES string of the molecule is CNc1ccn(C2CCC(CS)O2)c(=O)n1. The minimum Gasteiger partial charge on any atom is -0.373 e. The Hall–Kier alpha value is -1.01. The van der Waals surface area contributed by atoms with Crippen molar-refractivity contribution in [1.29, 1.82) is 0 Å². The average Bonchev–Trinajstić information content (AvgIpc) is 2.77. The lowest BCUT2D eigenvalue weighted by atomic mass is 10.2. The van der Waals surface area contributed by atoms with Gasteiger partial charge in [-0.25, -0.2) is 4.79 Å². The predicted molar refractivity (Wildman–Crippen MR) is 65.0 cm³/mol. The van der Waals surface area contributed by atoms with Crippen molar-refractivity contribution in [2.24, 2.45) is 0 Å². The number of ether oxygens (including phenoxy) is 1. The van der Waals surface area contributed by atoms with Crippen LogP contribution in [0.2, 0.25) is 0 Å². The van der Waals surface area contributed by atoms with Crippen LogP contribution in [0, 0.1) is 0 Å². The number of hydrogen-bond donors (Lipinski definition) is 2. The summed E-state index contributed by atoms with van der Waals surface area (Å²) in [5.41, 5.74) is -0.281. The highest BCUT2D eigenvalue weighted by Gasteiger charge is 2.26. The minimum absolute atomic E-state index is 0.143. The van der Waals surface area contributed by atoms with Gasteiger partial charge in [0.25, 0.3) is 0 Å². The van der Waals surface area contributed by atoms with Gasteiger partial charge in [-0.1, -0.05) is 0 Å². The normalized spacial score (nSPS) is 24.6. The Morgan fingerprint density at radius 2 is 2.50 bits per heavy atom. The Morgan fingerprint density at radius 1 is 1.69 bits per heavy atom. The molecule has 0 radical (unpaired) electrons. The van der Waals surface area contributed by atoms with E-state index in [9.17, 15) is 4.79 Å². The molecule has 0 aliphatic carbocycles. The van der Waals surface area contributed by atoms with Crippen LogP contribution in [0.1, 0.15) is 19.1 Å². The summed E-state index contributed by atoms with van der Waals surface area (Å²) in [4.78, 5) is 15.6. The minimum atomic E-state index is -0.281. The van der Waals surface area contributed by atoms with E-state index in [-0.39, 0.29) is 18.0 Å². The summed E-state index contributed by atoms with van der Waals surface area (Å²) in [5, 5.41) is 2.83. The number of rotatable bonds is 3. The fourth-order valence-corrected chi connectivity index (χ4v) is 2.07. The summed E-state index contributed by atoms with van der Waals surface area (Å²) in [7, 11) is 1.73. The van der Waals surface area contributed by atoms with Gasteiger partial charge in [0.2, 0.25) is 0 Å². The first-order valence-corrected chi connectivity index (χ1v) is 5.91. The van der Waals surface area contributed by atoms with Gasteiger partial charge in [-0.05, 0) is 18.9 Å². The van der Waals surface area contributed by atoms with Crippen LogP contribution in [0.15, 0.2) is 17.1 Å². The largest absolute Gasteiger partial charge is 0.373 e. The number of thiol groups is 1. The Labute approximate surface area is 99.2 Å². The van der Waals surface area contributed by atoms with Crippen molar-refractivity contribution in [2.75, 3.05) is 18.1 Å². The number of nitrogens with one attached hydrogen (secondary N) is 1. The molecule has 2 unspecified atom stereocenters. The summed E-state index contributed by atoms with van der Waals surface area (Å²) in [5.74, 6) is 1.26. The number of nitrogens with zero attached hydrogens (tertiary/aromatic N) is 2. The molecule has 0 amide bonds. The molecule has 0 spiro atoms. The van der Waals surface area contributed by atoms with E-state index in [0.29, 0.717) is 11.6 Å². The van der Waals surface area contributed by atoms with Crippen molar-refractivity contribution < 1.29 is 4.74 Å². The van der Waals surface area contributed by atoms with Gasteiger partial charge in [-0.15, -0.1) is 0 Å². The molecule has 1 N–H and O–H groups in total. The lowest BCUT2D eigenvalue weighted by molar-refractivity contribution is 0.0103. The van der Waals surface area contributed by atoms with Crippen LogP contribution in [0.3, 0.4) is 0 Å². The van der Waals surface area contributed by atoms with Crippen LogP contribution in [0.4, 0.5) is 5.82 Å². The second-order valence-electron chi connectivity index (χ2n) is 3.73. The van der Waals surface area contributed by atoms with Crippen LogP contribution in [-0.2, 0) is 4.74 Å². The van der Waals surface area contributed by atoms with Crippen molar-refractivity contribution in [3.8, 4) is 0 Å². The molecule has 16 heavy (non-hydrogen) atoms. The molecule has 0 saturated carbocycles. The van der Waals surface area contributed by atoms with Crippen LogP contribution < -0.4 is 11.0 Å². The molecule has 6 heteroatoms. The molecule has 5 nitrogen and oxygen atoms in total. The quantitative estimate of drug-likeness (QED) is 0.772. The van der Waals surface area contributed by atoms with Crippen LogP contribution in [0.5, 0.6) is 0 Å². The van der Waals surface area contributed by atoms with Gasteiger partial charge in [-0.2, -0.15) is 17.6 Å². The fraction of sp³-hybridized carbons (Fsp3) is 0.600. The van der Waals surface area contributed by atoms with Crippen LogP contribution in [-0.4, -0.2) is 28.5 Å². The number of anilines is 1. The average molecular weight is 241 g/mol. The second kappa shape index (κ2) is 4.88. The van der Waals surface area contributed by atoms with Gasteiger partial charge < -0.3 is 10.1 Å². The molecule has 1 aliphatic rings. The maximum absolute atomic E-state index is 11.7. The molecular formula is C10H15N3O2S. The molecule has 1 aromatic rings. The van der Waals surface area contributed by atoms with Gasteiger partial charge in [0, 0.05) is 19.0 Å². The van der Waals surface area contributed by atoms with Crippen LogP contribution >= 0.6 is 12.6 Å². The zero-order valence-electron chi connectivity index (χ0n) is 9.09. The number of hydrogen-bond acceptors (Lipinski definition) is 5. The highest BCUT2D eigenvalue weighted by Crippen LogP contribution is 2.27. The Balaban J connectivity index is 2.19. The summed E-state index contributed by atoms with van der Waals surface area (Å²) in [6.45, 7) is 0. The molecule has 0 bridgehead atoms. The van der Waals surface area contributed by atoms with Gasteiger partial charge in [-0.3, -0.25) is 4.57 Å². The molecule has 1 saturated heterocycles. The van der Waals surface area contributed by atoms with E-state index in [1.54, 1.807) is 19.3 Å². The van der Waals surface area contributed by atoms with Crippen molar-refractivity contribution in [1.82, 2.24) is 9.55 Å². The highest BCUT2D eigenvalue weighted by atomic mass is 32.1. The highest BCUT2D eigenvalue weighted by molar-refractivity contribution is 7.80. The molecule has 0 aromatic carbocycles. The standard InChI is InChI=1S/C10H15N3O2S/c1-11-8-4-5-13(10(14)12-8)9-3-2-7(6-16)15-9/h4-5,7,9,16H,2-3,6H2,1H3,(H,11,12,14). The van der Waals surface area contributed by atoms with E-state index in [2.05, 4.69) is 22.9 Å². The van der Waals surface area contributed by atoms with E-state index in [1.165, 1.54) is 4.57 Å². The topological polar surface area (TPSA) is 56.2 Å². The molecule has 1 aromatic heterocycles. The smallest absolute Gasteiger partial charge is 0.351 e. The molecule has 1 fully saturated rings. The first kappa shape index (κ1) is 11.5. The fourth-order valence-electron chi connectivity index (χ4n) is 1.80. The van der Waals surface area contributed by atoms with Gasteiger partial charge in [0.05, 0.1) is 6.10 Å². The molecule has 2 heterocycles. The summed E-state index contributed by atoms with van der Waals surface area (Å²) >= 11 is 4.19. The maximum Gasteiger partial charge on any atom is 0.351 e. The first-order chi connectivity index (χ1) is 7.74. The van der Waals surface area contributed by atoms with Gasteiger partial charge in [0.1, 0.15) is 12.0 Å². The van der Waals surface area contributed by atoms with E-state index in [1.807, 2.05) is 0 Å². The maximum atomic E-state index is 11.7. The third-order valence-corrected chi connectivity index (χ3v) is 3.09. The van der Waals surface area contributed by atoms with Crippen molar-refractivity contribution in [3.05, 3.63) is 22.7 Å². The third-order valence-electron chi connectivity index (χ3n) is 2.69. The van der Waals surface area contributed by atoms with Crippen molar-refractivity contribution in [3.63, 3.8) is 0 Å². The van der Waals surface area contributed by atoms with Gasteiger partial charge >= 0.3 is 5.69 Å². The van der Waals surface area contributed by atoms with E-state index in [4.69, 9.17) is 4.74 Å². The Kier molecular flexibility index (Phi) is 3.50. The molecule has 88 valence electrons. The molecular weight excluding hydrogens is 226 g/mol. The third kappa shape index (κ3) is 2.22. The summed E-state index contributed by atoms with van der Waals surface area (Å²) in [6, 6.07) is 1.76. The second-order valence-corrected chi connectivity index (χ2v) is 4.09. The molecule has 2 rings (SSSR count). The summed E-state index contributed by atoms with van der Waals surface area (Å²) < 4.78 is 7.21. The predicted octanol–water partition coefficient (Wildman–Crippen LogP) is 0.892. The monoisotopic (exact) mass is 241 g/mol. The Bertz CT molecular complexity index is 421. The zero-order chi connectivity index (χ0) is 11.5. The van der Waals surface area contributed by atoms with Crippen LogP contribution in [0.25, 0.3) is 0 Å². The first-order valence-electron chi connectivity index (χ1n) is 5.28. The zero-order valence-corrected chi connectivity index (χ0v) is 9.98. The van der Waals surface area contributed by atoms with E-state index in [0.717, 1.165) is 12.8 Å². The molecule has 2 atom stereocenters. The Morgan fingerprint density at radius 3 is 3.06 bits per heavy atom. The summed E-state index contributed by atoms with van der Waals surface area (Å²) in [6.07, 6.45) is 3.44. The van der Waals surface area contributed by atoms with Gasteiger partial charge in [0.15, 0.2) is 0 Å². The molecule has 1 aliphatic heterocycles. The number of aromatic nitrogens is 2. The van der Waals surface area contributed by atoms with Crippen molar-refractivity contribution in [2.45, 2.75) is 25.2 Å². The van der Waals surface area contributed by atoms with E-state index >= 15 is 0 Å².